The smallest absolute Gasteiger partial charge is 0.287 e. The number of tetrazole rings is 1. The van der Waals surface area contributed by atoms with Crippen molar-refractivity contribution in [2.75, 3.05) is 0 Å². The van der Waals surface area contributed by atoms with Crippen LogP contribution in [-0.4, -0.2) is 54.1 Å². The van der Waals surface area contributed by atoms with Crippen molar-refractivity contribution in [3.05, 3.63) is 36.2 Å². The van der Waals surface area contributed by atoms with Gasteiger partial charge in [-0.15, -0.1) is 5.10 Å². The second-order valence-electron chi connectivity index (χ2n) is 5.49. The Morgan fingerprint density at radius 3 is 2.67 bits per heavy atom. The quantitative estimate of drug-likeness (QED) is 0.889. The largest absolute Gasteiger partial charge is 0.364 e. The van der Waals surface area contributed by atoms with E-state index in [2.05, 4.69) is 20.6 Å². The number of aliphatic hydroxyl groups is 1. The molecule has 24 heavy (non-hydrogen) atoms. The molecule has 1 N–H and O–H groups in total. The Labute approximate surface area is 135 Å². The minimum atomic E-state index is -3.11. The molecule has 0 aliphatic carbocycles. The van der Waals surface area contributed by atoms with E-state index in [9.17, 15) is 18.7 Å². The van der Waals surface area contributed by atoms with Crippen LogP contribution < -0.4 is 0 Å². The van der Waals surface area contributed by atoms with Crippen molar-refractivity contribution in [2.45, 2.75) is 31.9 Å². The van der Waals surface area contributed by atoms with Crippen LogP contribution in [0.5, 0.6) is 0 Å². The van der Waals surface area contributed by atoms with E-state index in [1.165, 1.54) is 17.9 Å². The van der Waals surface area contributed by atoms with Gasteiger partial charge in [-0.3, -0.25) is 4.79 Å². The summed E-state index contributed by atoms with van der Waals surface area (Å²) < 4.78 is 27.7. The lowest BCUT2D eigenvalue weighted by atomic mass is 10.1. The molecule has 1 aliphatic heterocycles. The van der Waals surface area contributed by atoms with Gasteiger partial charge < -0.3 is 5.11 Å². The Hall–Kier alpha value is -2.75. The van der Waals surface area contributed by atoms with Crippen LogP contribution in [0.1, 0.15) is 18.9 Å². The number of rotatable bonds is 4. The summed E-state index contributed by atoms with van der Waals surface area (Å²) in [5.74, 6) is -0.704. The fourth-order valence-electron chi connectivity index (χ4n) is 2.48. The van der Waals surface area contributed by atoms with Crippen LogP contribution in [-0.2, 0) is 11.2 Å². The molecule has 0 unspecified atom stereocenters. The maximum Gasteiger partial charge on any atom is 0.287 e. The van der Waals surface area contributed by atoms with Crippen LogP contribution in [0.2, 0.25) is 0 Å². The summed E-state index contributed by atoms with van der Waals surface area (Å²) in [6, 6.07) is 6.69. The van der Waals surface area contributed by atoms with Crippen molar-refractivity contribution in [1.29, 1.82) is 0 Å². The summed E-state index contributed by atoms with van der Waals surface area (Å²) in [7, 11) is 0. The molecular weight excluding hydrogens is 322 g/mol. The number of carbonyl (C=O) groups excluding carboxylic acids is 1. The maximum atomic E-state index is 13.1. The normalized spacial score (nSPS) is 20.5. The highest BCUT2D eigenvalue weighted by Crippen LogP contribution is 2.31. The molecule has 1 aliphatic rings. The summed E-state index contributed by atoms with van der Waals surface area (Å²) in [5.41, 5.74) is -1.02. The second-order valence-corrected chi connectivity index (χ2v) is 5.49. The van der Waals surface area contributed by atoms with Crippen LogP contribution in [0.3, 0.4) is 0 Å². The molecule has 0 bridgehead atoms. The number of hydrazone groups is 1. The molecule has 8 nitrogen and oxygen atoms in total. The first-order valence-corrected chi connectivity index (χ1v) is 7.10. The Bertz CT molecular complexity index is 762. The minimum absolute atomic E-state index is 0.165. The van der Waals surface area contributed by atoms with E-state index in [-0.39, 0.29) is 18.6 Å². The van der Waals surface area contributed by atoms with E-state index in [1.54, 1.807) is 24.3 Å². The van der Waals surface area contributed by atoms with Gasteiger partial charge in [-0.2, -0.15) is 10.1 Å². The van der Waals surface area contributed by atoms with E-state index >= 15 is 0 Å². The molecule has 0 spiro atoms. The van der Waals surface area contributed by atoms with E-state index in [0.29, 0.717) is 16.3 Å². The van der Waals surface area contributed by atoms with Gasteiger partial charge >= 0.3 is 0 Å². The van der Waals surface area contributed by atoms with Crippen molar-refractivity contribution < 1.29 is 18.7 Å². The Kier molecular flexibility index (Phi) is 4.06. The molecule has 0 radical (unpaired) electrons. The SMILES string of the molecule is CC1=NN(C(=O)Cc2ccc(-n3cnnn3)cc2)[C@](O)(C(F)F)C1. The molecule has 1 aromatic carbocycles. The third kappa shape index (κ3) is 2.87. The molecule has 0 saturated carbocycles. The molecule has 0 saturated heterocycles. The van der Waals surface area contributed by atoms with Crippen molar-refractivity contribution >= 4 is 11.6 Å². The Balaban J connectivity index is 1.75. The van der Waals surface area contributed by atoms with Gasteiger partial charge in [0.1, 0.15) is 6.33 Å². The van der Waals surface area contributed by atoms with Crippen LogP contribution in [0.15, 0.2) is 35.7 Å². The predicted octanol–water partition coefficient (Wildman–Crippen LogP) is 0.767. The highest BCUT2D eigenvalue weighted by molar-refractivity contribution is 5.89. The van der Waals surface area contributed by atoms with E-state index in [4.69, 9.17) is 0 Å². The zero-order valence-corrected chi connectivity index (χ0v) is 12.7. The van der Waals surface area contributed by atoms with Gasteiger partial charge in [0.15, 0.2) is 0 Å². The van der Waals surface area contributed by atoms with Gasteiger partial charge in [0.2, 0.25) is 11.6 Å². The molecule has 1 amide bonds. The summed E-state index contributed by atoms with van der Waals surface area (Å²) in [6.07, 6.45) is -2.22. The zero-order chi connectivity index (χ0) is 17.3. The highest BCUT2D eigenvalue weighted by Gasteiger charge is 2.50. The van der Waals surface area contributed by atoms with E-state index in [1.807, 2.05) is 0 Å². The highest BCUT2D eigenvalue weighted by atomic mass is 19.3. The zero-order valence-electron chi connectivity index (χ0n) is 12.7. The van der Waals surface area contributed by atoms with Gasteiger partial charge in [-0.1, -0.05) is 12.1 Å². The molecular formula is C14H14F2N6O2. The van der Waals surface area contributed by atoms with Crippen molar-refractivity contribution in [3.8, 4) is 5.69 Å². The van der Waals surface area contributed by atoms with Gasteiger partial charge in [0, 0.05) is 12.1 Å². The topological polar surface area (TPSA) is 96.5 Å². The van der Waals surface area contributed by atoms with E-state index < -0.39 is 18.1 Å². The molecule has 1 aromatic heterocycles. The van der Waals surface area contributed by atoms with E-state index in [0.717, 1.165) is 0 Å². The fourth-order valence-corrected chi connectivity index (χ4v) is 2.48. The summed E-state index contributed by atoms with van der Waals surface area (Å²) >= 11 is 0. The monoisotopic (exact) mass is 336 g/mol. The lowest BCUT2D eigenvalue weighted by Gasteiger charge is -2.30. The molecule has 0 fully saturated rings. The van der Waals surface area contributed by atoms with Gasteiger partial charge in [-0.05, 0) is 35.0 Å². The van der Waals surface area contributed by atoms with Crippen LogP contribution in [0, 0.1) is 0 Å². The number of halogens is 2. The molecule has 2 aromatic rings. The fraction of sp³-hybridized carbons (Fsp3) is 0.357. The average molecular weight is 336 g/mol. The van der Waals surface area contributed by atoms with Gasteiger partial charge in [-0.25, -0.2) is 13.5 Å². The van der Waals surface area contributed by atoms with Crippen molar-refractivity contribution in [2.24, 2.45) is 5.10 Å². The minimum Gasteiger partial charge on any atom is -0.364 e. The predicted molar refractivity (Wildman–Crippen MR) is 78.4 cm³/mol. The number of hydrogen-bond acceptors (Lipinski definition) is 6. The number of alkyl halides is 2. The first-order chi connectivity index (χ1) is 11.4. The number of amides is 1. The number of carbonyl (C=O) groups is 1. The van der Waals surface area contributed by atoms with Gasteiger partial charge in [0.05, 0.1) is 12.1 Å². The Morgan fingerprint density at radius 1 is 1.38 bits per heavy atom. The van der Waals surface area contributed by atoms with Crippen LogP contribution >= 0.6 is 0 Å². The molecule has 126 valence electrons. The van der Waals surface area contributed by atoms with Crippen molar-refractivity contribution in [1.82, 2.24) is 25.2 Å². The molecule has 1 atom stereocenters. The molecule has 3 rings (SSSR count). The molecule has 2 heterocycles. The average Bonchev–Trinajstić information content (AvgIpc) is 3.16. The lowest BCUT2D eigenvalue weighted by Crippen LogP contribution is -2.51. The first-order valence-electron chi connectivity index (χ1n) is 7.10. The molecule has 10 heteroatoms. The number of aromatic nitrogens is 4. The third-order valence-corrected chi connectivity index (χ3v) is 3.64. The lowest BCUT2D eigenvalue weighted by molar-refractivity contribution is -0.191. The number of hydrogen-bond donors (Lipinski definition) is 1. The van der Waals surface area contributed by atoms with Crippen molar-refractivity contribution in [3.63, 3.8) is 0 Å². The first kappa shape index (κ1) is 16.1. The van der Waals surface area contributed by atoms with Gasteiger partial charge in [0.25, 0.3) is 6.43 Å². The number of nitrogens with zero attached hydrogens (tertiary/aromatic N) is 6. The second kappa shape index (κ2) is 6.04. The summed E-state index contributed by atoms with van der Waals surface area (Å²) in [6.45, 7) is 1.49. The third-order valence-electron chi connectivity index (χ3n) is 3.64. The standard InChI is InChI=1S/C14H14F2N6O2/c1-9-7-14(24,13(15)16)22(18-9)12(23)6-10-2-4-11(5-3-10)21-8-17-19-20-21/h2-5,8,13,24H,6-7H2,1H3/t14-/m1/s1. The summed E-state index contributed by atoms with van der Waals surface area (Å²) in [4.78, 5) is 12.3. The Morgan fingerprint density at radius 2 is 2.08 bits per heavy atom. The maximum absolute atomic E-state index is 13.1. The summed E-state index contributed by atoms with van der Waals surface area (Å²) in [5, 5.41) is 25.0. The van der Waals surface area contributed by atoms with Crippen LogP contribution in [0.25, 0.3) is 5.69 Å². The number of benzene rings is 1. The van der Waals surface area contributed by atoms with Crippen LogP contribution in [0.4, 0.5) is 8.78 Å².